The largest absolute Gasteiger partial charge is 0.454 e. The van der Waals surface area contributed by atoms with Crippen molar-refractivity contribution < 1.29 is 19.4 Å². The number of carbonyl (C=O) groups is 1. The van der Waals surface area contributed by atoms with Gasteiger partial charge in [0.1, 0.15) is 11.9 Å². The molecule has 1 saturated heterocycles. The number of piperidine rings is 1. The number of pyridine rings is 1. The van der Waals surface area contributed by atoms with E-state index < -0.39 is 12.1 Å². The number of fused-ring (bicyclic) bond motifs is 1. The molecule has 2 aromatic rings. The van der Waals surface area contributed by atoms with Crippen molar-refractivity contribution in [2.24, 2.45) is 0 Å². The van der Waals surface area contributed by atoms with Crippen LogP contribution in [0.2, 0.25) is 0 Å². The van der Waals surface area contributed by atoms with E-state index in [-0.39, 0.29) is 12.7 Å². The summed E-state index contributed by atoms with van der Waals surface area (Å²) in [7, 11) is 0. The highest BCUT2D eigenvalue weighted by atomic mass is 79.9. The molecule has 2 aliphatic heterocycles. The molecule has 158 valence electrons. The van der Waals surface area contributed by atoms with Gasteiger partial charge < -0.3 is 24.8 Å². The van der Waals surface area contributed by atoms with Crippen molar-refractivity contribution in [1.29, 1.82) is 0 Å². The van der Waals surface area contributed by atoms with Crippen LogP contribution in [0, 0.1) is 0 Å². The molecular weight excluding hydrogens is 450 g/mol. The first-order valence-corrected chi connectivity index (χ1v) is 10.8. The van der Waals surface area contributed by atoms with Crippen molar-refractivity contribution in [2.75, 3.05) is 25.2 Å². The van der Waals surface area contributed by atoms with Gasteiger partial charge in [-0.1, -0.05) is 18.2 Å². The summed E-state index contributed by atoms with van der Waals surface area (Å²) in [5.74, 6) is 1.85. The van der Waals surface area contributed by atoms with Gasteiger partial charge in [0.2, 0.25) is 12.7 Å². The molecule has 0 radical (unpaired) electrons. The molecule has 2 atom stereocenters. The molecule has 0 saturated carbocycles. The number of benzene rings is 1. The summed E-state index contributed by atoms with van der Waals surface area (Å²) in [6.07, 6.45) is 7.30. The molecule has 4 rings (SSSR count). The molecular formula is C22H24BrN3O4. The van der Waals surface area contributed by atoms with Crippen molar-refractivity contribution in [1.82, 2.24) is 9.88 Å². The standard InChI is InChI=1S/C22H24BrN3O4/c23-16-5-9-21(24-13-16)25-17(22(28)26-10-2-1-3-11-26)6-7-18(27)15-4-8-19-20(12-15)30-14-29-19/h4-9,12-13,17-18,27H,1-3,10-11,14H2,(H,24,25)/b7-6-. The number of ether oxygens (including phenoxy) is 2. The van der Waals surface area contributed by atoms with Gasteiger partial charge in [0.05, 0.1) is 6.10 Å². The number of hydrogen-bond acceptors (Lipinski definition) is 6. The van der Waals surface area contributed by atoms with Gasteiger partial charge >= 0.3 is 0 Å². The summed E-state index contributed by atoms with van der Waals surface area (Å²) in [4.78, 5) is 19.3. The van der Waals surface area contributed by atoms with Crippen molar-refractivity contribution >= 4 is 27.7 Å². The van der Waals surface area contributed by atoms with E-state index in [1.165, 1.54) is 0 Å². The maximum absolute atomic E-state index is 13.1. The van der Waals surface area contributed by atoms with Gasteiger partial charge in [-0.15, -0.1) is 0 Å². The maximum atomic E-state index is 13.1. The first-order valence-electron chi connectivity index (χ1n) is 10.0. The number of carbonyl (C=O) groups excluding carboxylic acids is 1. The molecule has 0 bridgehead atoms. The van der Waals surface area contributed by atoms with Crippen LogP contribution < -0.4 is 14.8 Å². The summed E-state index contributed by atoms with van der Waals surface area (Å²) in [6, 6.07) is 8.36. The van der Waals surface area contributed by atoms with E-state index in [1.807, 2.05) is 17.0 Å². The molecule has 3 heterocycles. The zero-order chi connectivity index (χ0) is 20.9. The first-order chi connectivity index (χ1) is 14.6. The van der Waals surface area contributed by atoms with Crippen molar-refractivity contribution in [2.45, 2.75) is 31.4 Å². The van der Waals surface area contributed by atoms with Gasteiger partial charge in [0.15, 0.2) is 11.5 Å². The van der Waals surface area contributed by atoms with E-state index in [1.54, 1.807) is 36.5 Å². The normalized spacial score (nSPS) is 17.7. The third-order valence-electron chi connectivity index (χ3n) is 5.19. The van der Waals surface area contributed by atoms with Gasteiger partial charge in [-0.2, -0.15) is 0 Å². The molecule has 7 nitrogen and oxygen atoms in total. The SMILES string of the molecule is O=C(C(/C=C\C(O)c1ccc2c(c1)OCO2)Nc1ccc(Br)cn1)N1CCCCC1. The molecule has 0 aliphatic carbocycles. The lowest BCUT2D eigenvalue weighted by molar-refractivity contribution is -0.131. The molecule has 1 aromatic carbocycles. The van der Waals surface area contributed by atoms with E-state index in [0.717, 1.165) is 36.8 Å². The smallest absolute Gasteiger partial charge is 0.249 e. The number of nitrogens with zero attached hydrogens (tertiary/aromatic N) is 2. The molecule has 2 N–H and O–H groups in total. The predicted octanol–water partition coefficient (Wildman–Crippen LogP) is 3.66. The number of aliphatic hydroxyl groups is 1. The fourth-order valence-corrected chi connectivity index (χ4v) is 3.78. The van der Waals surface area contributed by atoms with Crippen molar-refractivity contribution in [3.63, 3.8) is 0 Å². The lowest BCUT2D eigenvalue weighted by Crippen LogP contribution is -2.44. The molecule has 2 unspecified atom stereocenters. The Morgan fingerprint density at radius 3 is 2.70 bits per heavy atom. The van der Waals surface area contributed by atoms with E-state index in [2.05, 4.69) is 26.2 Å². The Labute approximate surface area is 183 Å². The molecule has 1 aromatic heterocycles. The average Bonchev–Trinajstić information content (AvgIpc) is 3.26. The molecule has 2 aliphatic rings. The minimum atomic E-state index is -0.879. The number of halogens is 1. The number of likely N-dealkylation sites (tertiary alicyclic amines) is 1. The summed E-state index contributed by atoms with van der Waals surface area (Å²) < 4.78 is 11.6. The lowest BCUT2D eigenvalue weighted by Gasteiger charge is -2.30. The zero-order valence-corrected chi connectivity index (χ0v) is 18.0. The van der Waals surface area contributed by atoms with Crippen LogP contribution in [-0.2, 0) is 4.79 Å². The molecule has 30 heavy (non-hydrogen) atoms. The van der Waals surface area contributed by atoms with Crippen LogP contribution in [0.1, 0.15) is 30.9 Å². The van der Waals surface area contributed by atoms with Crippen LogP contribution in [0.4, 0.5) is 5.82 Å². The monoisotopic (exact) mass is 473 g/mol. The highest BCUT2D eigenvalue weighted by Gasteiger charge is 2.24. The molecule has 8 heteroatoms. The van der Waals surface area contributed by atoms with Crippen molar-refractivity contribution in [3.8, 4) is 11.5 Å². The summed E-state index contributed by atoms with van der Waals surface area (Å²) in [5.41, 5.74) is 0.668. The van der Waals surface area contributed by atoms with Crippen LogP contribution in [0.25, 0.3) is 0 Å². The topological polar surface area (TPSA) is 83.9 Å². The second-order valence-electron chi connectivity index (χ2n) is 7.31. The third-order valence-corrected chi connectivity index (χ3v) is 5.66. The van der Waals surface area contributed by atoms with E-state index in [0.29, 0.717) is 22.9 Å². The zero-order valence-electron chi connectivity index (χ0n) is 16.5. The van der Waals surface area contributed by atoms with Crippen LogP contribution in [0.3, 0.4) is 0 Å². The number of anilines is 1. The second kappa shape index (κ2) is 9.49. The number of amides is 1. The average molecular weight is 474 g/mol. The van der Waals surface area contributed by atoms with E-state index >= 15 is 0 Å². The number of rotatable bonds is 6. The second-order valence-corrected chi connectivity index (χ2v) is 8.23. The van der Waals surface area contributed by atoms with Crippen LogP contribution in [-0.4, -0.2) is 46.8 Å². The van der Waals surface area contributed by atoms with Gasteiger partial charge in [-0.3, -0.25) is 4.79 Å². The highest BCUT2D eigenvalue weighted by Crippen LogP contribution is 2.34. The van der Waals surface area contributed by atoms with E-state index in [9.17, 15) is 9.90 Å². The number of aromatic nitrogens is 1. The summed E-state index contributed by atoms with van der Waals surface area (Å²) >= 11 is 3.37. The molecule has 1 amide bonds. The van der Waals surface area contributed by atoms with Gasteiger partial charge in [-0.05, 0) is 65.0 Å². The van der Waals surface area contributed by atoms with Gasteiger partial charge in [0, 0.05) is 23.8 Å². The Balaban J connectivity index is 1.51. The predicted molar refractivity (Wildman–Crippen MR) is 116 cm³/mol. The van der Waals surface area contributed by atoms with Crippen LogP contribution in [0.5, 0.6) is 11.5 Å². The highest BCUT2D eigenvalue weighted by molar-refractivity contribution is 9.10. The Bertz CT molecular complexity index is 913. The van der Waals surface area contributed by atoms with Crippen LogP contribution in [0.15, 0.2) is 53.2 Å². The number of nitrogens with one attached hydrogen (secondary N) is 1. The lowest BCUT2D eigenvalue weighted by atomic mass is 10.1. The Kier molecular flexibility index (Phi) is 6.54. The van der Waals surface area contributed by atoms with E-state index in [4.69, 9.17) is 9.47 Å². The fourth-order valence-electron chi connectivity index (χ4n) is 3.55. The minimum Gasteiger partial charge on any atom is -0.454 e. The van der Waals surface area contributed by atoms with Crippen LogP contribution >= 0.6 is 15.9 Å². The Hall–Kier alpha value is -2.58. The number of aliphatic hydroxyl groups excluding tert-OH is 1. The summed E-state index contributed by atoms with van der Waals surface area (Å²) in [5, 5.41) is 13.8. The molecule has 0 spiro atoms. The molecule has 1 fully saturated rings. The minimum absolute atomic E-state index is 0.0199. The fraction of sp³-hybridized carbons (Fsp3) is 0.364. The Morgan fingerprint density at radius 1 is 1.13 bits per heavy atom. The van der Waals surface area contributed by atoms with Gasteiger partial charge in [0.25, 0.3) is 0 Å². The maximum Gasteiger partial charge on any atom is 0.249 e. The van der Waals surface area contributed by atoms with Gasteiger partial charge in [-0.25, -0.2) is 4.98 Å². The quantitative estimate of drug-likeness (QED) is 0.622. The summed E-state index contributed by atoms with van der Waals surface area (Å²) in [6.45, 7) is 1.69. The number of hydrogen-bond donors (Lipinski definition) is 2. The third kappa shape index (κ3) is 4.94. The Morgan fingerprint density at radius 2 is 1.93 bits per heavy atom. The first kappa shape index (κ1) is 20.7. The van der Waals surface area contributed by atoms with Crippen molar-refractivity contribution in [3.05, 3.63) is 58.7 Å².